The van der Waals surface area contributed by atoms with Gasteiger partial charge in [-0.2, -0.15) is 0 Å². The molecule has 0 aliphatic rings. The van der Waals surface area contributed by atoms with E-state index in [1.54, 1.807) is 6.07 Å². The minimum Gasteiger partial charge on any atom is -0.348 e. The number of aromatic nitrogens is 2. The maximum Gasteiger partial charge on any atom is 0.255 e. The molecule has 1 aromatic rings. The molecule has 0 spiro atoms. The number of rotatable bonds is 4. The Morgan fingerprint density at radius 2 is 2.38 bits per heavy atom. The van der Waals surface area contributed by atoms with Crippen molar-refractivity contribution in [3.05, 3.63) is 12.3 Å². The van der Waals surface area contributed by atoms with Gasteiger partial charge in [0.2, 0.25) is 5.95 Å². The fraction of sp³-hybridized carbons (Fsp3) is 0.429. The zero-order valence-electron chi connectivity index (χ0n) is 7.00. The van der Waals surface area contributed by atoms with Gasteiger partial charge >= 0.3 is 0 Å². The summed E-state index contributed by atoms with van der Waals surface area (Å²) >= 11 is 1.44. The average molecular weight is 205 g/mol. The molecule has 0 bridgehead atoms. The molecule has 13 heavy (non-hydrogen) atoms. The standard InChI is InChI=1S/C7H9F2N3S/c1-13-6-2-3-10-7(12-6)11-4-5(8)9/h2-3,5H,4H2,1H3,(H,10,11,12). The first-order chi connectivity index (χ1) is 6.22. The zero-order chi connectivity index (χ0) is 9.68. The zero-order valence-corrected chi connectivity index (χ0v) is 7.81. The van der Waals surface area contributed by atoms with Gasteiger partial charge in [-0.05, 0) is 12.3 Å². The number of thioether (sulfide) groups is 1. The number of nitrogens with one attached hydrogen (secondary N) is 1. The maximum absolute atomic E-state index is 11.8. The van der Waals surface area contributed by atoms with Gasteiger partial charge in [0.05, 0.1) is 6.54 Å². The van der Waals surface area contributed by atoms with E-state index in [0.717, 1.165) is 5.03 Å². The van der Waals surface area contributed by atoms with Crippen LogP contribution in [0.25, 0.3) is 0 Å². The first kappa shape index (κ1) is 10.2. The molecule has 0 amide bonds. The van der Waals surface area contributed by atoms with Crippen LogP contribution in [-0.4, -0.2) is 29.2 Å². The Kier molecular flexibility index (Phi) is 3.88. The Balaban J connectivity index is 2.56. The van der Waals surface area contributed by atoms with E-state index in [1.807, 2.05) is 6.26 Å². The summed E-state index contributed by atoms with van der Waals surface area (Å²) in [5, 5.41) is 3.19. The fourth-order valence-electron chi connectivity index (χ4n) is 0.709. The molecule has 1 aromatic heterocycles. The number of alkyl halides is 2. The van der Waals surface area contributed by atoms with E-state index in [0.29, 0.717) is 0 Å². The molecule has 0 unspecified atom stereocenters. The van der Waals surface area contributed by atoms with Gasteiger partial charge in [0.15, 0.2) is 0 Å². The van der Waals surface area contributed by atoms with Gasteiger partial charge in [0.1, 0.15) is 5.03 Å². The lowest BCUT2D eigenvalue weighted by Crippen LogP contribution is -2.12. The summed E-state index contributed by atoms with van der Waals surface area (Å²) in [5.41, 5.74) is 0. The summed E-state index contributed by atoms with van der Waals surface area (Å²) in [5.74, 6) is 0.243. The molecule has 0 saturated heterocycles. The van der Waals surface area contributed by atoms with Crippen LogP contribution in [0.2, 0.25) is 0 Å². The van der Waals surface area contributed by atoms with E-state index < -0.39 is 13.0 Å². The quantitative estimate of drug-likeness (QED) is 0.601. The van der Waals surface area contributed by atoms with Gasteiger partial charge in [-0.3, -0.25) is 0 Å². The Bertz CT molecular complexity index is 270. The molecule has 1 heterocycles. The molecule has 0 aliphatic heterocycles. The molecular formula is C7H9F2N3S. The first-order valence-corrected chi connectivity index (χ1v) is 4.84. The summed E-state index contributed by atoms with van der Waals surface area (Å²) in [6.07, 6.45) is 1.01. The lowest BCUT2D eigenvalue weighted by Gasteiger charge is -2.03. The van der Waals surface area contributed by atoms with Crippen LogP contribution in [0.3, 0.4) is 0 Å². The van der Waals surface area contributed by atoms with Crippen LogP contribution in [0.15, 0.2) is 17.3 Å². The largest absolute Gasteiger partial charge is 0.348 e. The SMILES string of the molecule is CSc1ccnc(NCC(F)F)n1. The minimum atomic E-state index is -2.39. The van der Waals surface area contributed by atoms with Crippen molar-refractivity contribution in [2.45, 2.75) is 11.5 Å². The van der Waals surface area contributed by atoms with E-state index in [-0.39, 0.29) is 5.95 Å². The molecule has 0 saturated carbocycles. The van der Waals surface area contributed by atoms with Crippen LogP contribution < -0.4 is 5.32 Å². The highest BCUT2D eigenvalue weighted by Gasteiger charge is 2.03. The van der Waals surface area contributed by atoms with E-state index in [1.165, 1.54) is 18.0 Å². The molecule has 72 valence electrons. The highest BCUT2D eigenvalue weighted by atomic mass is 32.2. The second kappa shape index (κ2) is 4.96. The minimum absolute atomic E-state index is 0.243. The van der Waals surface area contributed by atoms with E-state index in [4.69, 9.17) is 0 Å². The fourth-order valence-corrected chi connectivity index (χ4v) is 1.08. The molecule has 6 heteroatoms. The number of nitrogens with zero attached hydrogens (tertiary/aromatic N) is 2. The van der Waals surface area contributed by atoms with Crippen molar-refractivity contribution in [1.29, 1.82) is 0 Å². The third kappa shape index (κ3) is 3.54. The normalized spacial score (nSPS) is 10.5. The molecule has 0 atom stereocenters. The highest BCUT2D eigenvalue weighted by Crippen LogP contribution is 2.11. The van der Waals surface area contributed by atoms with E-state index in [9.17, 15) is 8.78 Å². The van der Waals surface area contributed by atoms with Gasteiger partial charge in [0, 0.05) is 6.20 Å². The third-order valence-electron chi connectivity index (χ3n) is 1.25. The first-order valence-electron chi connectivity index (χ1n) is 3.61. The second-order valence-electron chi connectivity index (χ2n) is 2.19. The number of hydrogen-bond donors (Lipinski definition) is 1. The van der Waals surface area contributed by atoms with Gasteiger partial charge < -0.3 is 5.32 Å². The van der Waals surface area contributed by atoms with E-state index in [2.05, 4.69) is 15.3 Å². The lowest BCUT2D eigenvalue weighted by molar-refractivity contribution is 0.163. The molecule has 3 nitrogen and oxygen atoms in total. The Hall–Kier alpha value is -0.910. The summed E-state index contributed by atoms with van der Waals surface area (Å²) in [4.78, 5) is 7.76. The van der Waals surface area contributed by atoms with Crippen molar-refractivity contribution in [3.8, 4) is 0 Å². The van der Waals surface area contributed by atoms with Crippen molar-refractivity contribution in [2.24, 2.45) is 0 Å². The van der Waals surface area contributed by atoms with Crippen LogP contribution in [-0.2, 0) is 0 Å². The summed E-state index contributed by atoms with van der Waals surface area (Å²) < 4.78 is 23.6. The predicted molar refractivity (Wildman–Crippen MR) is 48.3 cm³/mol. The van der Waals surface area contributed by atoms with Crippen LogP contribution in [0.5, 0.6) is 0 Å². The number of anilines is 1. The van der Waals surface area contributed by atoms with Gasteiger partial charge in [-0.1, -0.05) is 0 Å². The third-order valence-corrected chi connectivity index (χ3v) is 1.90. The molecule has 0 aliphatic carbocycles. The number of halogens is 2. The molecule has 0 radical (unpaired) electrons. The van der Waals surface area contributed by atoms with Crippen LogP contribution in [0, 0.1) is 0 Å². The summed E-state index contributed by atoms with van der Waals surface area (Å²) in [7, 11) is 0. The van der Waals surface area contributed by atoms with Crippen molar-refractivity contribution < 1.29 is 8.78 Å². The second-order valence-corrected chi connectivity index (χ2v) is 3.02. The number of hydrogen-bond acceptors (Lipinski definition) is 4. The monoisotopic (exact) mass is 205 g/mol. The van der Waals surface area contributed by atoms with Crippen molar-refractivity contribution >= 4 is 17.7 Å². The molecule has 0 aromatic carbocycles. The Morgan fingerprint density at radius 3 is 3.00 bits per heavy atom. The predicted octanol–water partition coefficient (Wildman–Crippen LogP) is 1.88. The van der Waals surface area contributed by atoms with Crippen LogP contribution >= 0.6 is 11.8 Å². The van der Waals surface area contributed by atoms with Crippen molar-refractivity contribution in [1.82, 2.24) is 9.97 Å². The summed E-state index contributed by atoms with van der Waals surface area (Å²) in [6, 6.07) is 1.72. The molecular weight excluding hydrogens is 196 g/mol. The topological polar surface area (TPSA) is 37.8 Å². The molecule has 0 fully saturated rings. The van der Waals surface area contributed by atoms with Crippen LogP contribution in [0.1, 0.15) is 0 Å². The average Bonchev–Trinajstić information content (AvgIpc) is 2.15. The van der Waals surface area contributed by atoms with Crippen LogP contribution in [0.4, 0.5) is 14.7 Å². The Morgan fingerprint density at radius 1 is 1.62 bits per heavy atom. The molecule has 1 N–H and O–H groups in total. The van der Waals surface area contributed by atoms with Gasteiger partial charge in [-0.15, -0.1) is 11.8 Å². The van der Waals surface area contributed by atoms with E-state index >= 15 is 0 Å². The summed E-state index contributed by atoms with van der Waals surface area (Å²) in [6.45, 7) is -0.419. The van der Waals surface area contributed by atoms with Gasteiger partial charge in [0.25, 0.3) is 6.43 Å². The molecule has 1 rings (SSSR count). The van der Waals surface area contributed by atoms with Gasteiger partial charge in [-0.25, -0.2) is 18.7 Å². The maximum atomic E-state index is 11.8. The van der Waals surface area contributed by atoms with Crippen molar-refractivity contribution in [3.63, 3.8) is 0 Å². The van der Waals surface area contributed by atoms with Crippen molar-refractivity contribution in [2.75, 3.05) is 18.1 Å². The lowest BCUT2D eigenvalue weighted by atomic mass is 10.6. The Labute approximate surface area is 79.0 Å². The highest BCUT2D eigenvalue weighted by molar-refractivity contribution is 7.98. The smallest absolute Gasteiger partial charge is 0.255 e.